The summed E-state index contributed by atoms with van der Waals surface area (Å²) in [5.74, 6) is 0.0717. The van der Waals surface area contributed by atoms with Crippen LogP contribution in [-0.4, -0.2) is 16.9 Å². The Hall–Kier alpha value is -1.90. The maximum absolute atomic E-state index is 12.6. The van der Waals surface area contributed by atoms with Crippen molar-refractivity contribution in [3.05, 3.63) is 41.0 Å². The quantitative estimate of drug-likeness (QED) is 0.853. The number of carbonyl (C=O) groups excluding carboxylic acids is 1. The molecule has 0 aliphatic heterocycles. The molecule has 1 N–H and O–H groups in total. The lowest BCUT2D eigenvalue weighted by atomic mass is 9.73. The number of Topliss-reactive ketones (excluding diaryl/α,β-unsaturated/α-hetero) is 1. The molecule has 112 valence electrons. The molecule has 1 aromatic rings. The van der Waals surface area contributed by atoms with Crippen molar-refractivity contribution in [3.8, 4) is 0 Å². The van der Waals surface area contributed by atoms with Gasteiger partial charge in [0.05, 0.1) is 5.56 Å². The summed E-state index contributed by atoms with van der Waals surface area (Å²) in [5, 5.41) is 8.91. The molecule has 0 radical (unpaired) electrons. The first-order chi connectivity index (χ1) is 9.90. The highest BCUT2D eigenvalue weighted by Crippen LogP contribution is 2.35. The summed E-state index contributed by atoms with van der Waals surface area (Å²) in [5.41, 5.74) is 2.03. The third-order valence-electron chi connectivity index (χ3n) is 4.35. The maximum Gasteiger partial charge on any atom is 0.335 e. The van der Waals surface area contributed by atoms with E-state index in [9.17, 15) is 9.59 Å². The van der Waals surface area contributed by atoms with Crippen molar-refractivity contribution in [2.75, 3.05) is 0 Å². The van der Waals surface area contributed by atoms with Gasteiger partial charge in [0.15, 0.2) is 5.78 Å². The zero-order valence-corrected chi connectivity index (χ0v) is 12.8. The maximum atomic E-state index is 12.6. The van der Waals surface area contributed by atoms with Crippen LogP contribution >= 0.6 is 0 Å². The molecule has 0 bridgehead atoms. The third kappa shape index (κ3) is 3.41. The highest BCUT2D eigenvalue weighted by atomic mass is 16.4. The monoisotopic (exact) mass is 286 g/mol. The van der Waals surface area contributed by atoms with Gasteiger partial charge in [-0.15, -0.1) is 0 Å². The van der Waals surface area contributed by atoms with Crippen LogP contribution in [0.25, 0.3) is 6.08 Å². The van der Waals surface area contributed by atoms with E-state index in [1.807, 2.05) is 6.08 Å². The summed E-state index contributed by atoms with van der Waals surface area (Å²) in [4.78, 5) is 23.4. The first kappa shape index (κ1) is 15.5. The molecule has 0 spiro atoms. The molecule has 0 amide bonds. The van der Waals surface area contributed by atoms with Crippen LogP contribution in [0.1, 0.15) is 49.5 Å². The lowest BCUT2D eigenvalue weighted by molar-refractivity contribution is -0.122. The number of aromatic carboxylic acids is 1. The number of carboxylic acids is 1. The lowest BCUT2D eigenvalue weighted by Gasteiger charge is -2.30. The van der Waals surface area contributed by atoms with Crippen molar-refractivity contribution in [1.29, 1.82) is 0 Å². The van der Waals surface area contributed by atoms with Gasteiger partial charge in [-0.2, -0.15) is 0 Å². The summed E-state index contributed by atoms with van der Waals surface area (Å²) in [6, 6.07) is 6.67. The van der Waals surface area contributed by atoms with E-state index >= 15 is 0 Å². The molecule has 2 atom stereocenters. The first-order valence-electron chi connectivity index (χ1n) is 7.49. The van der Waals surface area contributed by atoms with Crippen molar-refractivity contribution in [2.24, 2.45) is 17.8 Å². The van der Waals surface area contributed by atoms with E-state index in [4.69, 9.17) is 5.11 Å². The van der Waals surface area contributed by atoms with Crippen LogP contribution in [0, 0.1) is 17.8 Å². The highest BCUT2D eigenvalue weighted by Gasteiger charge is 2.32. The number of hydrogen-bond donors (Lipinski definition) is 1. The van der Waals surface area contributed by atoms with E-state index in [2.05, 4.69) is 20.8 Å². The summed E-state index contributed by atoms with van der Waals surface area (Å²) in [6.07, 6.45) is 3.92. The molecule has 1 fully saturated rings. The number of rotatable bonds is 3. The van der Waals surface area contributed by atoms with Crippen molar-refractivity contribution in [3.63, 3.8) is 0 Å². The molecule has 2 rings (SSSR count). The van der Waals surface area contributed by atoms with Crippen molar-refractivity contribution >= 4 is 17.8 Å². The SMILES string of the molecule is CC(C)[C@@H]1CC[C@H](C)C(=Cc2ccc(C(=O)O)cc2)C1=O. The van der Waals surface area contributed by atoms with Gasteiger partial charge < -0.3 is 5.11 Å². The van der Waals surface area contributed by atoms with Gasteiger partial charge in [0.2, 0.25) is 0 Å². The van der Waals surface area contributed by atoms with Crippen LogP contribution in [-0.2, 0) is 4.79 Å². The van der Waals surface area contributed by atoms with E-state index in [1.54, 1.807) is 24.3 Å². The number of ketones is 1. The van der Waals surface area contributed by atoms with Crippen LogP contribution in [0.4, 0.5) is 0 Å². The molecule has 1 aromatic carbocycles. The number of carboxylic acid groups (broad SMARTS) is 1. The zero-order valence-electron chi connectivity index (χ0n) is 12.8. The van der Waals surface area contributed by atoms with Crippen molar-refractivity contribution < 1.29 is 14.7 Å². The van der Waals surface area contributed by atoms with E-state index in [0.717, 1.165) is 24.0 Å². The Bertz CT molecular complexity index is 567. The van der Waals surface area contributed by atoms with Crippen LogP contribution in [0.15, 0.2) is 29.8 Å². The van der Waals surface area contributed by atoms with E-state index in [0.29, 0.717) is 5.92 Å². The topological polar surface area (TPSA) is 54.4 Å². The largest absolute Gasteiger partial charge is 0.478 e. The molecule has 0 saturated heterocycles. The second-order valence-electron chi connectivity index (χ2n) is 6.22. The summed E-state index contributed by atoms with van der Waals surface area (Å²) >= 11 is 0. The van der Waals surface area contributed by atoms with Gasteiger partial charge in [-0.1, -0.05) is 32.9 Å². The van der Waals surface area contributed by atoms with E-state index < -0.39 is 5.97 Å². The molecule has 21 heavy (non-hydrogen) atoms. The van der Waals surface area contributed by atoms with Gasteiger partial charge in [0.1, 0.15) is 0 Å². The minimum Gasteiger partial charge on any atom is -0.478 e. The van der Waals surface area contributed by atoms with Crippen LogP contribution in [0.3, 0.4) is 0 Å². The molecule has 0 heterocycles. The minimum atomic E-state index is -0.934. The molecule has 0 unspecified atom stereocenters. The Balaban J connectivity index is 2.28. The predicted octanol–water partition coefficient (Wildman–Crippen LogP) is 4.04. The fourth-order valence-corrected chi connectivity index (χ4v) is 2.92. The second-order valence-corrected chi connectivity index (χ2v) is 6.22. The summed E-state index contributed by atoms with van der Waals surface area (Å²) in [6.45, 7) is 6.28. The van der Waals surface area contributed by atoms with E-state index in [1.165, 1.54) is 0 Å². The normalized spacial score (nSPS) is 24.6. The van der Waals surface area contributed by atoms with E-state index in [-0.39, 0.29) is 23.2 Å². The summed E-state index contributed by atoms with van der Waals surface area (Å²) < 4.78 is 0. The molecular formula is C18H22O3. The fourth-order valence-electron chi connectivity index (χ4n) is 2.92. The molecule has 1 aliphatic rings. The Kier molecular flexibility index (Phi) is 4.61. The Morgan fingerprint density at radius 3 is 2.38 bits per heavy atom. The predicted molar refractivity (Wildman–Crippen MR) is 83.1 cm³/mol. The Labute approximate surface area is 125 Å². The number of benzene rings is 1. The zero-order chi connectivity index (χ0) is 15.6. The van der Waals surface area contributed by atoms with Crippen LogP contribution in [0.2, 0.25) is 0 Å². The molecule has 1 saturated carbocycles. The molecule has 3 nitrogen and oxygen atoms in total. The molecular weight excluding hydrogens is 264 g/mol. The molecule has 1 aliphatic carbocycles. The number of allylic oxidation sites excluding steroid dienone is 1. The third-order valence-corrected chi connectivity index (χ3v) is 4.35. The highest BCUT2D eigenvalue weighted by molar-refractivity contribution is 6.02. The fraction of sp³-hybridized carbons (Fsp3) is 0.444. The Morgan fingerprint density at radius 2 is 1.86 bits per heavy atom. The van der Waals surface area contributed by atoms with Crippen molar-refractivity contribution in [1.82, 2.24) is 0 Å². The van der Waals surface area contributed by atoms with Gasteiger partial charge in [-0.3, -0.25) is 4.79 Å². The summed E-state index contributed by atoms with van der Waals surface area (Å²) in [7, 11) is 0. The van der Waals surface area contributed by atoms with Crippen molar-refractivity contribution in [2.45, 2.75) is 33.6 Å². The standard InChI is InChI=1S/C18H22O3/c1-11(2)15-9-4-12(3)16(17(15)19)10-13-5-7-14(8-6-13)18(20)21/h5-8,10-12,15H,4,9H2,1-3H3,(H,20,21)/t12-,15-/m0/s1. The van der Waals surface area contributed by atoms with Gasteiger partial charge in [-0.25, -0.2) is 4.79 Å². The molecule has 0 aromatic heterocycles. The Morgan fingerprint density at radius 1 is 1.24 bits per heavy atom. The average molecular weight is 286 g/mol. The average Bonchev–Trinajstić information content (AvgIpc) is 2.43. The number of hydrogen-bond acceptors (Lipinski definition) is 2. The van der Waals surface area contributed by atoms with Gasteiger partial charge in [-0.05, 0) is 54.0 Å². The second kappa shape index (κ2) is 6.25. The lowest BCUT2D eigenvalue weighted by Crippen LogP contribution is -2.30. The molecule has 3 heteroatoms. The minimum absolute atomic E-state index is 0.116. The smallest absolute Gasteiger partial charge is 0.335 e. The number of carbonyl (C=O) groups is 2. The first-order valence-corrected chi connectivity index (χ1v) is 7.49. The van der Waals surface area contributed by atoms with Crippen LogP contribution in [0.5, 0.6) is 0 Å². The van der Waals surface area contributed by atoms with Crippen LogP contribution < -0.4 is 0 Å². The van der Waals surface area contributed by atoms with Gasteiger partial charge in [0.25, 0.3) is 0 Å². The van der Waals surface area contributed by atoms with Gasteiger partial charge >= 0.3 is 5.97 Å². The van der Waals surface area contributed by atoms with Gasteiger partial charge in [0, 0.05) is 5.92 Å².